The minimum absolute atomic E-state index is 0.276. The summed E-state index contributed by atoms with van der Waals surface area (Å²) in [6, 6.07) is 8.31. The molecule has 0 saturated carbocycles. The number of hydrogen-bond donors (Lipinski definition) is 1. The minimum Gasteiger partial charge on any atom is -0.365 e. The highest BCUT2D eigenvalue weighted by Crippen LogP contribution is 2.47. The van der Waals surface area contributed by atoms with Crippen LogP contribution in [0.3, 0.4) is 0 Å². The molecule has 1 N–H and O–H groups in total. The number of fused-ring (bicyclic) bond motifs is 4. The molecule has 2 aliphatic rings. The van der Waals surface area contributed by atoms with E-state index in [0.29, 0.717) is 6.42 Å². The van der Waals surface area contributed by atoms with Gasteiger partial charge in [0.25, 0.3) is 0 Å². The summed E-state index contributed by atoms with van der Waals surface area (Å²) in [5.41, 5.74) is 2.23. The van der Waals surface area contributed by atoms with Gasteiger partial charge in [0.1, 0.15) is 0 Å². The zero-order chi connectivity index (χ0) is 10.5. The zero-order valence-electron chi connectivity index (χ0n) is 8.99. The maximum absolute atomic E-state index is 10.3. The lowest BCUT2D eigenvalue weighted by Gasteiger charge is -2.49. The SMILES string of the molecule is C[C@]12CCC[C@](O)(Cc3ccccc31)O2. The van der Waals surface area contributed by atoms with Crippen LogP contribution in [0.1, 0.15) is 37.3 Å². The van der Waals surface area contributed by atoms with Gasteiger partial charge in [0, 0.05) is 12.8 Å². The smallest absolute Gasteiger partial charge is 0.170 e. The monoisotopic (exact) mass is 204 g/mol. The third-order valence-corrected chi connectivity index (χ3v) is 3.69. The molecular formula is C13H16O2. The molecular weight excluding hydrogens is 188 g/mol. The second kappa shape index (κ2) is 2.83. The molecule has 0 unspecified atom stereocenters. The van der Waals surface area contributed by atoms with Crippen LogP contribution in [0.15, 0.2) is 24.3 Å². The standard InChI is InChI=1S/C13H16O2/c1-12-7-4-8-13(14,15-12)9-10-5-2-3-6-11(10)12/h2-3,5-6,14H,4,7-9H2,1H3/t12-,13+/m0/s1. The normalized spacial score (nSPS) is 38.5. The quantitative estimate of drug-likeness (QED) is 0.703. The number of ether oxygens (including phenoxy) is 1. The Morgan fingerprint density at radius 3 is 2.93 bits per heavy atom. The van der Waals surface area contributed by atoms with E-state index in [-0.39, 0.29) is 5.60 Å². The fraction of sp³-hybridized carbons (Fsp3) is 0.538. The van der Waals surface area contributed by atoms with E-state index < -0.39 is 5.79 Å². The average Bonchev–Trinajstić information content (AvgIpc) is 2.16. The van der Waals surface area contributed by atoms with Crippen LogP contribution < -0.4 is 0 Å². The molecule has 1 aromatic carbocycles. The molecule has 2 aliphatic heterocycles. The van der Waals surface area contributed by atoms with Gasteiger partial charge in [-0.1, -0.05) is 24.3 Å². The minimum atomic E-state index is -0.915. The first-order chi connectivity index (χ1) is 7.11. The number of benzene rings is 1. The molecule has 2 heteroatoms. The van der Waals surface area contributed by atoms with Crippen LogP contribution >= 0.6 is 0 Å². The summed E-state index contributed by atoms with van der Waals surface area (Å²) in [5, 5.41) is 10.3. The summed E-state index contributed by atoms with van der Waals surface area (Å²) in [5.74, 6) is -0.915. The van der Waals surface area contributed by atoms with Crippen LogP contribution in [0.4, 0.5) is 0 Å². The maximum Gasteiger partial charge on any atom is 0.170 e. The van der Waals surface area contributed by atoms with E-state index in [1.165, 1.54) is 11.1 Å². The van der Waals surface area contributed by atoms with E-state index in [2.05, 4.69) is 19.1 Å². The van der Waals surface area contributed by atoms with Crippen LogP contribution in [0.25, 0.3) is 0 Å². The van der Waals surface area contributed by atoms with Crippen molar-refractivity contribution < 1.29 is 9.84 Å². The lowest BCUT2D eigenvalue weighted by molar-refractivity contribution is -0.299. The molecule has 2 atom stereocenters. The van der Waals surface area contributed by atoms with Crippen molar-refractivity contribution >= 4 is 0 Å². The molecule has 0 aromatic heterocycles. The molecule has 3 rings (SSSR count). The Kier molecular flexibility index (Phi) is 1.77. The molecule has 0 amide bonds. The molecule has 1 saturated heterocycles. The summed E-state index contributed by atoms with van der Waals surface area (Å²) in [4.78, 5) is 0. The van der Waals surface area contributed by atoms with Crippen molar-refractivity contribution in [3.8, 4) is 0 Å². The second-order valence-corrected chi connectivity index (χ2v) is 4.97. The Morgan fingerprint density at radius 2 is 2.07 bits per heavy atom. The largest absolute Gasteiger partial charge is 0.365 e. The van der Waals surface area contributed by atoms with Gasteiger partial charge in [-0.15, -0.1) is 0 Å². The van der Waals surface area contributed by atoms with Crippen molar-refractivity contribution in [2.24, 2.45) is 0 Å². The van der Waals surface area contributed by atoms with E-state index in [9.17, 15) is 5.11 Å². The van der Waals surface area contributed by atoms with Gasteiger partial charge < -0.3 is 9.84 Å². The van der Waals surface area contributed by atoms with Gasteiger partial charge in [0.15, 0.2) is 5.79 Å². The third kappa shape index (κ3) is 1.32. The second-order valence-electron chi connectivity index (χ2n) is 4.97. The predicted octanol–water partition coefficient (Wildman–Crippen LogP) is 2.35. The highest BCUT2D eigenvalue weighted by Gasteiger charge is 2.47. The van der Waals surface area contributed by atoms with Gasteiger partial charge in [-0.25, -0.2) is 0 Å². The summed E-state index contributed by atoms with van der Waals surface area (Å²) in [7, 11) is 0. The first kappa shape index (κ1) is 9.37. The van der Waals surface area contributed by atoms with Crippen LogP contribution in [0, 0.1) is 0 Å². The van der Waals surface area contributed by atoms with E-state index in [4.69, 9.17) is 4.74 Å². The average molecular weight is 204 g/mol. The lowest BCUT2D eigenvalue weighted by atomic mass is 9.77. The van der Waals surface area contributed by atoms with Gasteiger partial charge in [0.2, 0.25) is 0 Å². The Labute approximate surface area is 89.9 Å². The highest BCUT2D eigenvalue weighted by atomic mass is 16.6. The number of hydrogen-bond acceptors (Lipinski definition) is 2. The number of aliphatic hydroxyl groups is 1. The molecule has 2 heterocycles. The molecule has 2 nitrogen and oxygen atoms in total. The summed E-state index contributed by atoms with van der Waals surface area (Å²) in [6.07, 6.45) is 3.45. The predicted molar refractivity (Wildman–Crippen MR) is 57.4 cm³/mol. The zero-order valence-corrected chi connectivity index (χ0v) is 8.99. The van der Waals surface area contributed by atoms with Crippen LogP contribution in [0.5, 0.6) is 0 Å². The Bertz CT molecular complexity index is 401. The maximum atomic E-state index is 10.3. The molecule has 80 valence electrons. The van der Waals surface area contributed by atoms with E-state index in [0.717, 1.165) is 19.3 Å². The van der Waals surface area contributed by atoms with Crippen molar-refractivity contribution in [2.75, 3.05) is 0 Å². The van der Waals surface area contributed by atoms with E-state index in [1.54, 1.807) is 0 Å². The summed E-state index contributed by atoms with van der Waals surface area (Å²) >= 11 is 0. The molecule has 1 fully saturated rings. The topological polar surface area (TPSA) is 29.5 Å². The fourth-order valence-electron chi connectivity index (χ4n) is 3.03. The van der Waals surface area contributed by atoms with Crippen molar-refractivity contribution in [2.45, 2.75) is 44.0 Å². The lowest BCUT2D eigenvalue weighted by Crippen LogP contribution is -2.51. The molecule has 0 spiro atoms. The molecule has 1 aromatic rings. The highest BCUT2D eigenvalue weighted by molar-refractivity contribution is 5.36. The first-order valence-corrected chi connectivity index (χ1v) is 5.62. The van der Waals surface area contributed by atoms with Crippen LogP contribution in [-0.2, 0) is 16.8 Å². The first-order valence-electron chi connectivity index (χ1n) is 5.62. The Balaban J connectivity index is 2.16. The van der Waals surface area contributed by atoms with Crippen molar-refractivity contribution in [3.05, 3.63) is 35.4 Å². The van der Waals surface area contributed by atoms with Gasteiger partial charge >= 0.3 is 0 Å². The number of rotatable bonds is 0. The van der Waals surface area contributed by atoms with Crippen LogP contribution in [0.2, 0.25) is 0 Å². The Hall–Kier alpha value is -0.860. The van der Waals surface area contributed by atoms with E-state index in [1.807, 2.05) is 12.1 Å². The summed E-state index contributed by atoms with van der Waals surface area (Å²) < 4.78 is 5.88. The van der Waals surface area contributed by atoms with Crippen molar-refractivity contribution in [3.63, 3.8) is 0 Å². The van der Waals surface area contributed by atoms with Gasteiger partial charge in [-0.2, -0.15) is 0 Å². The van der Waals surface area contributed by atoms with Crippen LogP contribution in [-0.4, -0.2) is 10.9 Å². The third-order valence-electron chi connectivity index (χ3n) is 3.69. The van der Waals surface area contributed by atoms with E-state index >= 15 is 0 Å². The molecule has 0 aliphatic carbocycles. The van der Waals surface area contributed by atoms with Gasteiger partial charge in [0.05, 0.1) is 5.60 Å². The fourth-order valence-corrected chi connectivity index (χ4v) is 3.03. The van der Waals surface area contributed by atoms with Gasteiger partial charge in [-0.3, -0.25) is 0 Å². The van der Waals surface area contributed by atoms with Crippen molar-refractivity contribution in [1.82, 2.24) is 0 Å². The molecule has 0 radical (unpaired) electrons. The van der Waals surface area contributed by atoms with Gasteiger partial charge in [-0.05, 0) is 30.9 Å². The Morgan fingerprint density at radius 1 is 1.27 bits per heavy atom. The molecule has 2 bridgehead atoms. The molecule has 15 heavy (non-hydrogen) atoms. The van der Waals surface area contributed by atoms with Crippen molar-refractivity contribution in [1.29, 1.82) is 0 Å². The summed E-state index contributed by atoms with van der Waals surface area (Å²) in [6.45, 7) is 2.09.